The molecule has 180 valence electrons. The summed E-state index contributed by atoms with van der Waals surface area (Å²) in [6.45, 7) is 2.25. The van der Waals surface area contributed by atoms with E-state index in [9.17, 15) is 9.59 Å². The lowest BCUT2D eigenvalue weighted by Crippen LogP contribution is -2.23. The third-order valence-electron chi connectivity index (χ3n) is 5.16. The van der Waals surface area contributed by atoms with Gasteiger partial charge in [-0.25, -0.2) is 4.98 Å². The summed E-state index contributed by atoms with van der Waals surface area (Å²) in [5.74, 6) is 0.834. The molecule has 2 aromatic heterocycles. The molecule has 0 unspecified atom stereocenters. The standard InChI is InChI=1S/C25H25N5O4S/c1-16-23(35-25(28-16)18-8-9-20(33-2)21(13-18)34-3)24(32)26-14-17-6-4-7-19(12-17)29-22(31)15-30-11-5-10-27-30/h4-13H,14-15H2,1-3H3,(H,26,32)(H,29,31). The lowest BCUT2D eigenvalue weighted by molar-refractivity contribution is -0.116. The number of nitrogens with one attached hydrogen (secondary N) is 2. The predicted octanol–water partition coefficient (Wildman–Crippen LogP) is 3.90. The summed E-state index contributed by atoms with van der Waals surface area (Å²) in [4.78, 5) is 30.2. The van der Waals surface area contributed by atoms with E-state index in [1.807, 2.05) is 43.3 Å². The number of thiazole rings is 1. The number of hydrogen-bond acceptors (Lipinski definition) is 7. The molecule has 35 heavy (non-hydrogen) atoms. The van der Waals surface area contributed by atoms with Crippen molar-refractivity contribution in [2.24, 2.45) is 0 Å². The van der Waals surface area contributed by atoms with Crippen LogP contribution in [0, 0.1) is 6.92 Å². The van der Waals surface area contributed by atoms with Crippen molar-refractivity contribution < 1.29 is 19.1 Å². The summed E-state index contributed by atoms with van der Waals surface area (Å²) in [6, 6.07) is 14.6. The number of benzene rings is 2. The number of ether oxygens (including phenoxy) is 2. The Morgan fingerprint density at radius 3 is 2.63 bits per heavy atom. The number of hydrogen-bond donors (Lipinski definition) is 2. The van der Waals surface area contributed by atoms with Crippen LogP contribution in [0.2, 0.25) is 0 Å². The summed E-state index contributed by atoms with van der Waals surface area (Å²) < 4.78 is 12.2. The summed E-state index contributed by atoms with van der Waals surface area (Å²) in [6.07, 6.45) is 3.35. The van der Waals surface area contributed by atoms with Crippen molar-refractivity contribution in [1.82, 2.24) is 20.1 Å². The van der Waals surface area contributed by atoms with Crippen LogP contribution in [0.5, 0.6) is 11.5 Å². The van der Waals surface area contributed by atoms with E-state index < -0.39 is 0 Å². The quantitative estimate of drug-likeness (QED) is 0.368. The average Bonchev–Trinajstić information content (AvgIpc) is 3.51. The van der Waals surface area contributed by atoms with E-state index >= 15 is 0 Å². The number of aromatic nitrogens is 3. The molecule has 0 aliphatic carbocycles. The largest absolute Gasteiger partial charge is 0.493 e. The molecular weight excluding hydrogens is 466 g/mol. The Balaban J connectivity index is 1.40. The van der Waals surface area contributed by atoms with Gasteiger partial charge in [0.05, 0.1) is 19.9 Å². The maximum atomic E-state index is 12.9. The molecule has 0 saturated heterocycles. The molecule has 4 aromatic rings. The van der Waals surface area contributed by atoms with Gasteiger partial charge in [-0.05, 0) is 48.9 Å². The molecule has 0 spiro atoms. The van der Waals surface area contributed by atoms with Gasteiger partial charge in [0.15, 0.2) is 11.5 Å². The minimum Gasteiger partial charge on any atom is -0.493 e. The minimum absolute atomic E-state index is 0.126. The number of carbonyl (C=O) groups excluding carboxylic acids is 2. The second-order valence-electron chi connectivity index (χ2n) is 7.64. The Bertz CT molecular complexity index is 1330. The van der Waals surface area contributed by atoms with Crippen molar-refractivity contribution in [2.75, 3.05) is 19.5 Å². The Kier molecular flexibility index (Phi) is 7.41. The van der Waals surface area contributed by atoms with E-state index in [0.29, 0.717) is 34.3 Å². The molecule has 0 atom stereocenters. The van der Waals surface area contributed by atoms with Crippen LogP contribution in [0.3, 0.4) is 0 Å². The Hall–Kier alpha value is -4.18. The Morgan fingerprint density at radius 1 is 1.06 bits per heavy atom. The maximum Gasteiger partial charge on any atom is 0.263 e. The minimum atomic E-state index is -0.208. The van der Waals surface area contributed by atoms with Gasteiger partial charge in [0.2, 0.25) is 5.91 Å². The summed E-state index contributed by atoms with van der Waals surface area (Å²) in [7, 11) is 3.16. The fraction of sp³-hybridized carbons (Fsp3) is 0.200. The number of nitrogens with zero attached hydrogens (tertiary/aromatic N) is 3. The lowest BCUT2D eigenvalue weighted by atomic mass is 10.2. The predicted molar refractivity (Wildman–Crippen MR) is 134 cm³/mol. The molecule has 2 N–H and O–H groups in total. The van der Waals surface area contributed by atoms with Gasteiger partial charge in [-0.3, -0.25) is 14.3 Å². The van der Waals surface area contributed by atoms with E-state index in [1.54, 1.807) is 43.4 Å². The number of amides is 2. The van der Waals surface area contributed by atoms with E-state index in [4.69, 9.17) is 9.47 Å². The number of anilines is 1. The lowest BCUT2D eigenvalue weighted by Gasteiger charge is -2.09. The molecule has 4 rings (SSSR count). The highest BCUT2D eigenvalue weighted by Crippen LogP contribution is 2.35. The number of methoxy groups -OCH3 is 2. The van der Waals surface area contributed by atoms with Crippen molar-refractivity contribution in [3.05, 3.63) is 77.1 Å². The van der Waals surface area contributed by atoms with Gasteiger partial charge in [-0.1, -0.05) is 12.1 Å². The summed E-state index contributed by atoms with van der Waals surface area (Å²) in [5, 5.41) is 10.5. The van der Waals surface area contributed by atoms with E-state index in [2.05, 4.69) is 20.7 Å². The zero-order valence-electron chi connectivity index (χ0n) is 19.6. The van der Waals surface area contributed by atoms with Gasteiger partial charge in [0.25, 0.3) is 5.91 Å². The molecule has 0 saturated carbocycles. The highest BCUT2D eigenvalue weighted by Gasteiger charge is 2.17. The van der Waals surface area contributed by atoms with Crippen molar-refractivity contribution in [1.29, 1.82) is 0 Å². The molecule has 0 aliphatic rings. The van der Waals surface area contributed by atoms with E-state index in [-0.39, 0.29) is 18.4 Å². The van der Waals surface area contributed by atoms with Crippen molar-refractivity contribution in [3.63, 3.8) is 0 Å². The van der Waals surface area contributed by atoms with Gasteiger partial charge in [0.1, 0.15) is 16.4 Å². The second-order valence-corrected chi connectivity index (χ2v) is 8.64. The number of carbonyl (C=O) groups is 2. The van der Waals surface area contributed by atoms with Gasteiger partial charge in [-0.15, -0.1) is 11.3 Å². The zero-order chi connectivity index (χ0) is 24.8. The topological polar surface area (TPSA) is 107 Å². The first-order valence-corrected chi connectivity index (χ1v) is 11.6. The fourth-order valence-corrected chi connectivity index (χ4v) is 4.44. The van der Waals surface area contributed by atoms with Crippen molar-refractivity contribution in [2.45, 2.75) is 20.0 Å². The van der Waals surface area contributed by atoms with Crippen LogP contribution in [0.15, 0.2) is 60.9 Å². The molecule has 0 radical (unpaired) electrons. The summed E-state index contributed by atoms with van der Waals surface area (Å²) in [5.41, 5.74) is 3.00. The van der Waals surface area contributed by atoms with Crippen LogP contribution in [-0.4, -0.2) is 40.8 Å². The Labute approximate surface area is 206 Å². The maximum absolute atomic E-state index is 12.9. The number of aryl methyl sites for hydroxylation is 1. The Morgan fingerprint density at radius 2 is 1.89 bits per heavy atom. The van der Waals surface area contributed by atoms with E-state index in [0.717, 1.165) is 16.1 Å². The highest BCUT2D eigenvalue weighted by molar-refractivity contribution is 7.17. The van der Waals surface area contributed by atoms with Crippen LogP contribution >= 0.6 is 11.3 Å². The fourth-order valence-electron chi connectivity index (χ4n) is 3.46. The first-order valence-electron chi connectivity index (χ1n) is 10.8. The van der Waals surface area contributed by atoms with Gasteiger partial charge >= 0.3 is 0 Å². The first kappa shape index (κ1) is 24.0. The molecule has 0 fully saturated rings. The monoisotopic (exact) mass is 491 g/mol. The molecule has 10 heteroatoms. The first-order chi connectivity index (χ1) is 17.0. The molecule has 2 amide bonds. The van der Waals surface area contributed by atoms with Crippen molar-refractivity contribution >= 4 is 28.8 Å². The zero-order valence-corrected chi connectivity index (χ0v) is 20.4. The van der Waals surface area contributed by atoms with Crippen molar-refractivity contribution in [3.8, 4) is 22.1 Å². The highest BCUT2D eigenvalue weighted by atomic mass is 32.1. The average molecular weight is 492 g/mol. The molecule has 9 nitrogen and oxygen atoms in total. The van der Waals surface area contributed by atoms with Gasteiger partial charge in [-0.2, -0.15) is 5.10 Å². The third-order valence-corrected chi connectivity index (χ3v) is 6.37. The van der Waals surface area contributed by atoms with Crippen LogP contribution in [0.4, 0.5) is 5.69 Å². The molecule has 0 aliphatic heterocycles. The normalized spacial score (nSPS) is 10.6. The SMILES string of the molecule is COc1ccc(-c2nc(C)c(C(=O)NCc3cccc(NC(=O)Cn4cccn4)c3)s2)cc1OC. The summed E-state index contributed by atoms with van der Waals surface area (Å²) >= 11 is 1.32. The molecule has 2 heterocycles. The van der Waals surface area contributed by atoms with Gasteiger partial charge in [0, 0.05) is 30.2 Å². The molecule has 0 bridgehead atoms. The van der Waals surface area contributed by atoms with Crippen LogP contribution < -0.4 is 20.1 Å². The smallest absolute Gasteiger partial charge is 0.263 e. The van der Waals surface area contributed by atoms with E-state index in [1.165, 1.54) is 11.3 Å². The second kappa shape index (κ2) is 10.8. The van der Waals surface area contributed by atoms with Crippen LogP contribution in [0.1, 0.15) is 20.9 Å². The van der Waals surface area contributed by atoms with Crippen LogP contribution in [-0.2, 0) is 17.9 Å². The van der Waals surface area contributed by atoms with Crippen LogP contribution in [0.25, 0.3) is 10.6 Å². The molecule has 2 aromatic carbocycles. The third kappa shape index (κ3) is 5.85. The molecular formula is C25H25N5O4S. The number of rotatable bonds is 9. The van der Waals surface area contributed by atoms with Gasteiger partial charge < -0.3 is 20.1 Å².